The second-order valence-corrected chi connectivity index (χ2v) is 26.0. The van der Waals surface area contributed by atoms with Gasteiger partial charge in [-0.1, -0.05) is 70.2 Å². The van der Waals surface area contributed by atoms with Crippen molar-refractivity contribution in [2.45, 2.75) is 117 Å². The molecule has 19 nitrogen and oxygen atoms in total. The Morgan fingerprint density at radius 3 is 2.31 bits per heavy atom. The first-order valence-electron chi connectivity index (χ1n) is 30.7. The average molecular weight is 1190 g/mol. The fraction of sp³-hybridized carbons (Fsp3) is 0.492. The summed E-state index contributed by atoms with van der Waals surface area (Å²) in [4.78, 5) is 82.1. The van der Waals surface area contributed by atoms with Gasteiger partial charge in [0.2, 0.25) is 11.8 Å². The van der Waals surface area contributed by atoms with Crippen LogP contribution >= 0.6 is 11.3 Å². The first-order valence-corrected chi connectivity index (χ1v) is 31.6. The highest BCUT2D eigenvalue weighted by Gasteiger charge is 2.43. The lowest BCUT2D eigenvalue weighted by Gasteiger charge is -2.39. The fourth-order valence-electron chi connectivity index (χ4n) is 13.5. The number of pyridine rings is 1. The van der Waals surface area contributed by atoms with E-state index in [1.165, 1.54) is 6.20 Å². The van der Waals surface area contributed by atoms with Gasteiger partial charge in [-0.15, -0.1) is 11.3 Å². The summed E-state index contributed by atoms with van der Waals surface area (Å²) >= 11 is 1.60. The Kier molecular flexibility index (Phi) is 17.2. The normalized spacial score (nSPS) is 20.4. The number of aromatic nitrogens is 6. The van der Waals surface area contributed by atoms with E-state index < -0.39 is 29.2 Å². The van der Waals surface area contributed by atoms with Crippen molar-refractivity contribution < 1.29 is 28.6 Å². The number of fused-ring (bicyclic) bond motifs is 4. The van der Waals surface area contributed by atoms with Crippen LogP contribution in [0.15, 0.2) is 78.7 Å². The molecule has 7 aromatic rings. The maximum atomic E-state index is 17.1. The van der Waals surface area contributed by atoms with Gasteiger partial charge >= 0.3 is 6.01 Å². The smallest absolute Gasteiger partial charge is 0.319 e. The first-order chi connectivity index (χ1) is 41.5. The highest BCUT2D eigenvalue weighted by atomic mass is 32.1. The Bertz CT molecular complexity index is 3590. The van der Waals surface area contributed by atoms with Crippen molar-refractivity contribution in [3.8, 4) is 33.5 Å². The number of hydrogen-bond acceptors (Lipinski definition) is 17. The molecule has 5 aliphatic heterocycles. The summed E-state index contributed by atoms with van der Waals surface area (Å²) in [6.45, 7) is 21.0. The minimum atomic E-state index is -0.904. The molecular formula is C65H79FN14O5S. The number of anilines is 2. The van der Waals surface area contributed by atoms with E-state index in [0.29, 0.717) is 73.1 Å². The van der Waals surface area contributed by atoms with Crippen LogP contribution in [0.1, 0.15) is 106 Å². The van der Waals surface area contributed by atoms with Gasteiger partial charge in [0.25, 0.3) is 5.91 Å². The summed E-state index contributed by atoms with van der Waals surface area (Å²) in [5, 5.41) is 22.8. The van der Waals surface area contributed by atoms with Gasteiger partial charge in [-0.2, -0.15) is 9.97 Å². The molecule has 21 heteroatoms. The number of halogens is 1. The van der Waals surface area contributed by atoms with Crippen LogP contribution in [0.3, 0.4) is 0 Å². The van der Waals surface area contributed by atoms with E-state index in [2.05, 4.69) is 57.4 Å². The van der Waals surface area contributed by atoms with E-state index in [-0.39, 0.29) is 46.5 Å². The largest absolute Gasteiger partial charge is 0.508 e. The standard InChI is InChI=1S/C65H79FN14O5S/c1-7-42-10-8-11-45-30-48(81)31-49(54(42)45)56-55(66)57-50(32-69-56)60(79-36-46-17-18-47(37-79)72-46)75-64(73-57)85-29-28-76-22-19-41(20-23-76)35-77-24-26-78(27-25-77)53-34-67-51(33-68-53)61(82)74-59(65(4,5)6)63(84)80-21-9-12-52(80)62(83)71-39(2)43-13-15-44(16-14-43)58-40(3)70-38-86-58/h8,10-11,13-16,30-34,38-39,41,46-47,52,59,72,81H,7,9,12,17-29,35-37H2,1-6H3,(H,71,83)(H,74,82)/t39-,46?,47?,52-,59+/m0/s1. The zero-order valence-corrected chi connectivity index (χ0v) is 51.0. The summed E-state index contributed by atoms with van der Waals surface area (Å²) in [7, 11) is 0. The highest BCUT2D eigenvalue weighted by Crippen LogP contribution is 2.40. The number of carbonyl (C=O) groups excluding carboxylic acids is 3. The Morgan fingerprint density at radius 2 is 1.62 bits per heavy atom. The number of nitrogens with one attached hydrogen (secondary N) is 3. The molecule has 0 saturated carbocycles. The third-order valence-electron chi connectivity index (χ3n) is 18.3. The monoisotopic (exact) mass is 1190 g/mol. The zero-order valence-electron chi connectivity index (χ0n) is 50.2. The van der Waals surface area contributed by atoms with Gasteiger partial charge in [0.15, 0.2) is 5.82 Å². The molecule has 5 aliphatic rings. The number of piperazine rings is 2. The Labute approximate surface area is 506 Å². The number of carbonyl (C=O) groups is 3. The number of aryl methyl sites for hydroxylation is 2. The predicted molar refractivity (Wildman–Crippen MR) is 333 cm³/mol. The van der Waals surface area contributed by atoms with Gasteiger partial charge < -0.3 is 40.5 Å². The maximum Gasteiger partial charge on any atom is 0.319 e. The van der Waals surface area contributed by atoms with Crippen molar-refractivity contribution in [3.63, 3.8) is 0 Å². The molecule has 4 N–H and O–H groups in total. The minimum Gasteiger partial charge on any atom is -0.508 e. The maximum absolute atomic E-state index is 17.1. The van der Waals surface area contributed by atoms with Crippen molar-refractivity contribution in [1.29, 1.82) is 0 Å². The number of rotatable bonds is 17. The van der Waals surface area contributed by atoms with Crippen LogP contribution < -0.4 is 30.5 Å². The van der Waals surface area contributed by atoms with Gasteiger partial charge in [-0.3, -0.25) is 29.2 Å². The van der Waals surface area contributed by atoms with Gasteiger partial charge in [0.05, 0.1) is 39.9 Å². The lowest BCUT2D eigenvalue weighted by molar-refractivity contribution is -0.142. The number of nitrogens with zero attached hydrogens (tertiary/aromatic N) is 11. The Balaban J connectivity index is 0.612. The molecule has 0 aliphatic carbocycles. The number of amides is 3. The van der Waals surface area contributed by atoms with E-state index in [1.807, 2.05) is 82.6 Å². The van der Waals surface area contributed by atoms with E-state index in [0.717, 1.165) is 129 Å². The first kappa shape index (κ1) is 58.9. The number of likely N-dealkylation sites (tertiary alicyclic amines) is 2. The summed E-state index contributed by atoms with van der Waals surface area (Å²) in [5.41, 5.74) is 6.19. The van der Waals surface area contributed by atoms with E-state index in [4.69, 9.17) is 19.7 Å². The molecule has 3 amide bonds. The van der Waals surface area contributed by atoms with Crippen LogP contribution in [-0.4, -0.2) is 170 Å². The third-order valence-corrected chi connectivity index (χ3v) is 19.3. The molecular weight excluding hydrogens is 1110 g/mol. The number of piperidine rings is 1. The van der Waals surface area contributed by atoms with Crippen LogP contribution in [0.25, 0.3) is 43.4 Å². The number of thiazole rings is 1. The number of hydrogen-bond donors (Lipinski definition) is 4. The molecule has 2 bridgehead atoms. The Hall–Kier alpha value is -7.46. The summed E-state index contributed by atoms with van der Waals surface area (Å²) < 4.78 is 23.5. The highest BCUT2D eigenvalue weighted by molar-refractivity contribution is 7.13. The van der Waals surface area contributed by atoms with Crippen LogP contribution in [0.2, 0.25) is 0 Å². The molecule has 5 saturated heterocycles. The summed E-state index contributed by atoms with van der Waals surface area (Å²) in [6, 6.07) is 16.3. The van der Waals surface area contributed by atoms with E-state index in [1.54, 1.807) is 40.8 Å². The molecule has 86 heavy (non-hydrogen) atoms. The number of aromatic hydroxyl groups is 1. The number of ether oxygens (including phenoxy) is 1. The van der Waals surface area contributed by atoms with Crippen molar-refractivity contribution in [3.05, 3.63) is 107 Å². The van der Waals surface area contributed by atoms with Crippen LogP contribution in [-0.2, 0) is 16.0 Å². The van der Waals surface area contributed by atoms with E-state index in [9.17, 15) is 19.5 Å². The van der Waals surface area contributed by atoms with Gasteiger partial charge in [0.1, 0.15) is 53.0 Å². The van der Waals surface area contributed by atoms with Crippen molar-refractivity contribution in [2.75, 3.05) is 88.4 Å². The predicted octanol–water partition coefficient (Wildman–Crippen LogP) is 8.34. The molecule has 5 atom stereocenters. The average Bonchev–Trinajstić information content (AvgIpc) is 1.08. The zero-order chi connectivity index (χ0) is 59.8. The van der Waals surface area contributed by atoms with Gasteiger partial charge in [-0.05, 0) is 123 Å². The third kappa shape index (κ3) is 12.6. The SMILES string of the molecule is CCc1cccc2cc(O)cc(-c3ncc4c(N5CC6CCC(C5)N6)nc(OCCN5CCC(CN6CCN(c7cnc(C(=O)N[C@H](C(=O)N8CCC[C@H]8C(=O)N[C@@H](C)c8ccc(-c9scnc9C)cc8)C(C)(C)C)cn7)CC6)CC5)nc4c3F)c12. The lowest BCUT2D eigenvalue weighted by Crippen LogP contribution is -2.57. The molecule has 0 spiro atoms. The molecule has 5 fully saturated rings. The molecule has 2 unspecified atom stereocenters. The van der Waals surface area contributed by atoms with Crippen molar-refractivity contribution in [2.24, 2.45) is 11.3 Å². The van der Waals surface area contributed by atoms with Crippen molar-refractivity contribution in [1.82, 2.24) is 60.6 Å². The van der Waals surface area contributed by atoms with Crippen molar-refractivity contribution >= 4 is 62.4 Å². The minimum absolute atomic E-state index is 0.0438. The molecule has 12 rings (SSSR count). The molecule has 4 aromatic heterocycles. The molecule has 9 heterocycles. The quantitative estimate of drug-likeness (QED) is 0.0675. The van der Waals surface area contributed by atoms with Crippen LogP contribution in [0.4, 0.5) is 16.0 Å². The second-order valence-electron chi connectivity index (χ2n) is 25.2. The lowest BCUT2D eigenvalue weighted by atomic mass is 9.85. The summed E-state index contributed by atoms with van der Waals surface area (Å²) in [6.07, 6.45) is 11.1. The number of phenolic OH excluding ortho intramolecular Hbond substituents is 1. The topological polar surface area (TPSA) is 210 Å². The number of phenols is 1. The van der Waals surface area contributed by atoms with E-state index >= 15 is 4.39 Å². The second kappa shape index (κ2) is 25.1. The van der Waals surface area contributed by atoms with Crippen LogP contribution in [0, 0.1) is 24.1 Å². The molecule has 0 radical (unpaired) electrons. The molecule has 3 aromatic carbocycles. The van der Waals surface area contributed by atoms with Gasteiger partial charge in [0, 0.05) is 82.7 Å². The Morgan fingerprint density at radius 1 is 0.849 bits per heavy atom. The van der Waals surface area contributed by atoms with Gasteiger partial charge in [-0.25, -0.2) is 19.3 Å². The molecule has 452 valence electrons. The number of benzene rings is 3. The summed E-state index contributed by atoms with van der Waals surface area (Å²) in [5.74, 6) is 0.378. The van der Waals surface area contributed by atoms with Crippen LogP contribution in [0.5, 0.6) is 11.8 Å². The fourth-order valence-corrected chi connectivity index (χ4v) is 14.3.